The molecule has 4 nitrogen and oxygen atoms in total. The molecule has 1 fully saturated rings. The van der Waals surface area contributed by atoms with E-state index in [0.29, 0.717) is 0 Å². The van der Waals surface area contributed by atoms with Gasteiger partial charge in [0.05, 0.1) is 6.41 Å². The van der Waals surface area contributed by atoms with Crippen molar-refractivity contribution in [2.24, 2.45) is 0 Å². The van der Waals surface area contributed by atoms with Crippen molar-refractivity contribution in [3.63, 3.8) is 0 Å². The van der Waals surface area contributed by atoms with Gasteiger partial charge in [-0.1, -0.05) is 0 Å². The van der Waals surface area contributed by atoms with Crippen molar-refractivity contribution in [3.8, 4) is 107 Å². The number of amides is 1. The van der Waals surface area contributed by atoms with Crippen LogP contribution in [0.25, 0.3) is 5.32 Å². The fraction of sp³-hybridized carbons (Fsp3) is 0.208. The monoisotopic (exact) mass is 448 g/mol. The van der Waals surface area contributed by atoms with Gasteiger partial charge in [0.25, 0.3) is 0 Å². The van der Waals surface area contributed by atoms with Crippen LogP contribution < -0.4 is 5.32 Å². The molecule has 1 aliphatic rings. The summed E-state index contributed by atoms with van der Waals surface area (Å²) < 4.78 is 0. The maximum absolute atomic E-state index is 9.69. The van der Waals surface area contributed by atoms with Crippen LogP contribution in [0.4, 0.5) is 0 Å². The smallest absolute Gasteiger partial charge is 0.0756 e. The molecule has 1 N–H and O–H groups in total. The van der Waals surface area contributed by atoms with Crippen molar-refractivity contribution in [1.29, 1.82) is 0 Å². The molecule has 0 aromatic rings. The van der Waals surface area contributed by atoms with Gasteiger partial charge in [0, 0.05) is 32.7 Å². The normalized spacial score (nSPS) is 9.10. The van der Waals surface area contributed by atoms with Gasteiger partial charge in [0.15, 0.2) is 0 Å². The number of carbonyl (C=O) groups excluding carboxylic acids is 1. The number of likely N-dealkylation sites (N-methyl/N-ethyl adjacent to an activating group) is 1. The summed E-state index contributed by atoms with van der Waals surface area (Å²) in [6.45, 7) is 4.38. The predicted molar refractivity (Wildman–Crippen MR) is 110 cm³/mol. The molecule has 1 aliphatic heterocycles. The Balaban J connectivity index is 0. The first-order valence-corrected chi connectivity index (χ1v) is 7.70. The van der Waals surface area contributed by atoms with E-state index in [1.807, 2.05) is 5.32 Å². The van der Waals surface area contributed by atoms with E-state index in [0.717, 1.165) is 26.2 Å². The van der Waals surface area contributed by atoms with E-state index in [-0.39, 0.29) is 32.7 Å². The average molecular weight is 448 g/mol. The zero-order chi connectivity index (χ0) is 20.5. The van der Waals surface area contributed by atoms with Gasteiger partial charge in [-0.25, -0.2) is 6.04 Å². The van der Waals surface area contributed by atoms with Gasteiger partial charge < -0.3 is 20.3 Å². The number of nitrogens with one attached hydrogen (secondary N) is 1. The van der Waals surface area contributed by atoms with E-state index in [9.17, 15) is 4.79 Å². The Hall–Kier alpha value is -3.47. The van der Waals surface area contributed by atoms with Crippen LogP contribution in [-0.4, -0.2) is 44.5 Å². The van der Waals surface area contributed by atoms with Crippen molar-refractivity contribution < 1.29 is 37.5 Å². The zero-order valence-corrected chi connectivity index (χ0v) is 18.6. The Morgan fingerprint density at radius 2 is 1.14 bits per heavy atom. The molecule has 1 saturated heterocycles. The summed E-state index contributed by atoms with van der Waals surface area (Å²) in [6, 6.07) is 2.21. The van der Waals surface area contributed by atoms with Gasteiger partial charge in [0.2, 0.25) is 0 Å². The molecule has 0 atom stereocenters. The van der Waals surface area contributed by atoms with Gasteiger partial charge in [-0.05, 0) is 109 Å². The number of hydrogen-bond acceptors (Lipinski definition) is 2. The second kappa shape index (κ2) is 24.5. The molecule has 0 spiro atoms. The molecule has 0 aromatic carbocycles. The minimum absolute atomic E-state index is 0. The number of terminal acetylenes is 1. The average Bonchev–Trinajstić information content (AvgIpc) is 2.71. The number of nitrogens with zero attached hydrogens (tertiary/aromatic N) is 2. The van der Waals surface area contributed by atoms with Crippen molar-refractivity contribution in [2.75, 3.05) is 33.2 Å². The molecule has 0 saturated carbocycles. The third-order valence-corrected chi connectivity index (χ3v) is 2.40. The van der Waals surface area contributed by atoms with E-state index >= 15 is 0 Å². The van der Waals surface area contributed by atoms with Crippen LogP contribution in [0.1, 0.15) is 0 Å². The van der Waals surface area contributed by atoms with Crippen molar-refractivity contribution >= 4 is 6.41 Å². The first-order valence-electron chi connectivity index (χ1n) is 7.70. The van der Waals surface area contributed by atoms with Crippen LogP contribution in [0.3, 0.4) is 0 Å². The summed E-state index contributed by atoms with van der Waals surface area (Å²) in [7, 11) is 2.13. The first kappa shape index (κ1) is 27.7. The van der Waals surface area contributed by atoms with E-state index in [4.69, 9.17) is 6.42 Å². The second-order valence-corrected chi connectivity index (χ2v) is 4.35. The van der Waals surface area contributed by atoms with Crippen LogP contribution in [0.2, 0.25) is 0 Å². The zero-order valence-electron chi connectivity index (χ0n) is 15.8. The Morgan fingerprint density at radius 3 is 1.45 bits per heavy atom. The molecule has 1 heterocycles. The van der Waals surface area contributed by atoms with E-state index < -0.39 is 0 Å². The third-order valence-electron chi connectivity index (χ3n) is 2.40. The van der Waals surface area contributed by atoms with Crippen LogP contribution in [-0.2, 0) is 37.5 Å². The predicted octanol–water partition coefficient (Wildman–Crippen LogP) is -0.436. The Morgan fingerprint density at radius 1 is 0.759 bits per heavy atom. The summed E-state index contributed by atoms with van der Waals surface area (Å²) in [5.41, 5.74) is 0. The van der Waals surface area contributed by atoms with Gasteiger partial charge in [-0.3, -0.25) is 0 Å². The maximum Gasteiger partial charge on any atom is 0.0756 e. The molecular weight excluding hydrogens is 435 g/mol. The van der Waals surface area contributed by atoms with Crippen molar-refractivity contribution in [1.82, 2.24) is 10.2 Å². The number of piperazine rings is 1. The van der Waals surface area contributed by atoms with Crippen LogP contribution in [0.15, 0.2) is 0 Å². The molecule has 0 bridgehead atoms. The molecule has 1 rings (SSSR count). The fourth-order valence-electron chi connectivity index (χ4n) is 1.24. The standard InChI is InChI=1S/C19H2NO.C5H11N2.Y/c1-2-3-4-5-6-7-8-9-10-11-12-13-14-15-16-17-18-20-19-21;1-7-4-2-6-3-5-7;/h1H,(H,20,21);2-5H2,1H3;/q2*-1;. The number of hydrogen-bond donors (Lipinski definition) is 1. The molecule has 1 radical (unpaired) electrons. The molecule has 1 amide bonds. The SMILES string of the molecule is C#CC#CC#CC#CC#CC#CC#CC#CC#CN[C-]=O.CN1CC[N-]CC1.[Y]. The Labute approximate surface area is 199 Å². The molecule has 135 valence electrons. The summed E-state index contributed by atoms with van der Waals surface area (Å²) in [5, 5.41) is 6.18. The van der Waals surface area contributed by atoms with E-state index in [1.165, 1.54) is 6.41 Å². The van der Waals surface area contributed by atoms with Crippen molar-refractivity contribution in [2.45, 2.75) is 0 Å². The summed E-state index contributed by atoms with van der Waals surface area (Å²) in [4.78, 5) is 12.0. The van der Waals surface area contributed by atoms with Crippen LogP contribution >= 0.6 is 0 Å². The second-order valence-electron chi connectivity index (χ2n) is 4.35. The summed E-state index contributed by atoms with van der Waals surface area (Å²) >= 11 is 0. The number of rotatable bonds is 1. The summed E-state index contributed by atoms with van der Waals surface area (Å²) in [6.07, 6.45) is 6.26. The third kappa shape index (κ3) is 24.5. The van der Waals surface area contributed by atoms with Gasteiger partial charge in [-0.2, -0.15) is 0 Å². The topological polar surface area (TPSA) is 46.4 Å². The molecule has 0 aromatic heterocycles. The minimum Gasteiger partial charge on any atom is -0.660 e. The first-order chi connectivity index (χ1) is 13.8. The largest absolute Gasteiger partial charge is 0.660 e. The fourth-order valence-corrected chi connectivity index (χ4v) is 1.24. The molecule has 29 heavy (non-hydrogen) atoms. The van der Waals surface area contributed by atoms with Gasteiger partial charge in [0.1, 0.15) is 0 Å². The van der Waals surface area contributed by atoms with E-state index in [2.05, 4.69) is 118 Å². The Kier molecular flexibility index (Phi) is 23.5. The molecule has 0 aliphatic carbocycles. The van der Waals surface area contributed by atoms with Crippen molar-refractivity contribution in [3.05, 3.63) is 5.32 Å². The van der Waals surface area contributed by atoms with Gasteiger partial charge in [-0.15, -0.1) is 25.4 Å². The maximum atomic E-state index is 9.69. The van der Waals surface area contributed by atoms with Gasteiger partial charge >= 0.3 is 0 Å². The van der Waals surface area contributed by atoms with Crippen LogP contribution in [0, 0.1) is 107 Å². The van der Waals surface area contributed by atoms with E-state index in [1.54, 1.807) is 0 Å². The quantitative estimate of drug-likeness (QED) is 0.336. The van der Waals surface area contributed by atoms with Crippen LogP contribution in [0.5, 0.6) is 0 Å². The molecule has 0 unspecified atom stereocenters. The molecular formula is C24H13N3OY-2. The molecule has 5 heteroatoms. The minimum atomic E-state index is 0. The summed E-state index contributed by atoms with van der Waals surface area (Å²) in [5.74, 6) is 38.3. The Bertz CT molecular complexity index is 1060.